The van der Waals surface area contributed by atoms with Crippen LogP contribution < -0.4 is 10.6 Å². The Morgan fingerprint density at radius 3 is 2.92 bits per heavy atom. The highest BCUT2D eigenvalue weighted by Gasteiger charge is 2.34. The molecule has 4 rings (SSSR count). The fraction of sp³-hybridized carbons (Fsp3) is 0.263. The Morgan fingerprint density at radius 1 is 1.32 bits per heavy atom. The lowest BCUT2D eigenvalue weighted by atomic mass is 9.98. The minimum Gasteiger partial charge on any atom is -0.330 e. The molecule has 0 bridgehead atoms. The van der Waals surface area contributed by atoms with Crippen LogP contribution in [0.4, 0.5) is 5.69 Å². The number of nitrogens with zero attached hydrogens (tertiary/aromatic N) is 3. The van der Waals surface area contributed by atoms with Crippen LogP contribution in [0.2, 0.25) is 0 Å². The van der Waals surface area contributed by atoms with Gasteiger partial charge in [0, 0.05) is 35.1 Å². The summed E-state index contributed by atoms with van der Waals surface area (Å²) in [7, 11) is 1.82. The van der Waals surface area contributed by atoms with Gasteiger partial charge in [0.2, 0.25) is 0 Å². The lowest BCUT2D eigenvalue weighted by molar-refractivity contribution is 0.0980. The molecule has 1 aliphatic heterocycles. The van der Waals surface area contributed by atoms with E-state index in [0.717, 1.165) is 27.5 Å². The highest BCUT2D eigenvalue weighted by molar-refractivity contribution is 9.10. The summed E-state index contributed by atoms with van der Waals surface area (Å²) in [5.41, 5.74) is 9.39. The van der Waals surface area contributed by atoms with Gasteiger partial charge in [0.25, 0.3) is 5.91 Å². The SMILES string of the molecule is Cn1nc2cc(Br)ccc2c1C(=O)N1CC(CCN)c2ccccc21. The number of fused-ring (bicyclic) bond motifs is 2. The Bertz CT molecular complexity index is 965. The largest absolute Gasteiger partial charge is 0.330 e. The fourth-order valence-corrected chi connectivity index (χ4v) is 4.04. The van der Waals surface area contributed by atoms with Gasteiger partial charge in [-0.05, 0) is 42.8 Å². The van der Waals surface area contributed by atoms with Crippen LogP contribution in [0, 0.1) is 0 Å². The van der Waals surface area contributed by atoms with Gasteiger partial charge in [0.05, 0.1) is 5.52 Å². The zero-order valence-corrected chi connectivity index (χ0v) is 15.5. The predicted octanol–water partition coefficient (Wildman–Crippen LogP) is 3.43. The normalized spacial score (nSPS) is 16.4. The minimum absolute atomic E-state index is 0.0145. The molecule has 5 nitrogen and oxygen atoms in total. The average Bonchev–Trinajstić information content (AvgIpc) is 3.12. The van der Waals surface area contributed by atoms with Crippen LogP contribution in [0.5, 0.6) is 0 Å². The molecule has 1 aliphatic rings. The number of anilines is 1. The molecular formula is C19H19BrN4O. The second-order valence-electron chi connectivity index (χ2n) is 6.38. The number of aromatic nitrogens is 2. The van der Waals surface area contributed by atoms with Gasteiger partial charge in [-0.25, -0.2) is 0 Å². The number of rotatable bonds is 3. The first-order valence-electron chi connectivity index (χ1n) is 8.33. The van der Waals surface area contributed by atoms with Crippen molar-refractivity contribution in [2.75, 3.05) is 18.0 Å². The average molecular weight is 399 g/mol. The summed E-state index contributed by atoms with van der Waals surface area (Å²) in [5, 5.41) is 5.37. The van der Waals surface area contributed by atoms with Gasteiger partial charge < -0.3 is 10.6 Å². The molecule has 1 aromatic heterocycles. The molecule has 1 atom stereocenters. The van der Waals surface area contributed by atoms with Crippen LogP contribution in [0.3, 0.4) is 0 Å². The van der Waals surface area contributed by atoms with E-state index in [1.807, 2.05) is 48.3 Å². The fourth-order valence-electron chi connectivity index (χ4n) is 3.69. The van der Waals surface area contributed by atoms with E-state index in [1.54, 1.807) is 4.68 Å². The van der Waals surface area contributed by atoms with E-state index in [4.69, 9.17) is 5.73 Å². The van der Waals surface area contributed by atoms with Gasteiger partial charge in [0.15, 0.2) is 0 Å². The molecule has 1 unspecified atom stereocenters. The molecule has 128 valence electrons. The van der Waals surface area contributed by atoms with Crippen molar-refractivity contribution in [3.63, 3.8) is 0 Å². The summed E-state index contributed by atoms with van der Waals surface area (Å²) in [4.78, 5) is 15.2. The van der Waals surface area contributed by atoms with E-state index in [0.29, 0.717) is 24.7 Å². The Hall–Kier alpha value is -2.18. The van der Waals surface area contributed by atoms with E-state index in [-0.39, 0.29) is 5.91 Å². The van der Waals surface area contributed by atoms with E-state index in [2.05, 4.69) is 27.1 Å². The maximum absolute atomic E-state index is 13.4. The van der Waals surface area contributed by atoms with Crippen molar-refractivity contribution in [1.82, 2.24) is 9.78 Å². The number of halogens is 1. The molecule has 0 saturated carbocycles. The summed E-state index contributed by atoms with van der Waals surface area (Å²) >= 11 is 3.46. The summed E-state index contributed by atoms with van der Waals surface area (Å²) in [6.07, 6.45) is 0.875. The number of aryl methyl sites for hydroxylation is 1. The zero-order chi connectivity index (χ0) is 17.6. The Morgan fingerprint density at radius 2 is 2.12 bits per heavy atom. The number of para-hydroxylation sites is 1. The van der Waals surface area contributed by atoms with Gasteiger partial charge in [-0.2, -0.15) is 5.10 Å². The van der Waals surface area contributed by atoms with Crippen molar-refractivity contribution in [3.8, 4) is 0 Å². The summed E-state index contributed by atoms with van der Waals surface area (Å²) in [5.74, 6) is 0.276. The number of hydrogen-bond acceptors (Lipinski definition) is 3. The molecule has 1 amide bonds. The Balaban J connectivity index is 1.79. The number of carbonyl (C=O) groups excluding carboxylic acids is 1. The highest BCUT2D eigenvalue weighted by Crippen LogP contribution is 2.39. The second-order valence-corrected chi connectivity index (χ2v) is 7.30. The molecular weight excluding hydrogens is 380 g/mol. The highest BCUT2D eigenvalue weighted by atomic mass is 79.9. The second kappa shape index (κ2) is 6.28. The molecule has 6 heteroatoms. The first-order chi connectivity index (χ1) is 12.1. The van der Waals surface area contributed by atoms with Gasteiger partial charge in [-0.1, -0.05) is 34.1 Å². The third-order valence-corrected chi connectivity index (χ3v) is 5.32. The topological polar surface area (TPSA) is 64.2 Å². The third kappa shape index (κ3) is 2.65. The van der Waals surface area contributed by atoms with Crippen LogP contribution in [-0.2, 0) is 7.05 Å². The van der Waals surface area contributed by atoms with Gasteiger partial charge in [-0.15, -0.1) is 0 Å². The van der Waals surface area contributed by atoms with Crippen molar-refractivity contribution < 1.29 is 4.79 Å². The molecule has 25 heavy (non-hydrogen) atoms. The summed E-state index contributed by atoms with van der Waals surface area (Å²) in [6, 6.07) is 13.9. The van der Waals surface area contributed by atoms with Gasteiger partial charge in [-0.3, -0.25) is 9.48 Å². The monoisotopic (exact) mass is 398 g/mol. The molecule has 3 aromatic rings. The van der Waals surface area contributed by atoms with Crippen molar-refractivity contribution in [2.45, 2.75) is 12.3 Å². The van der Waals surface area contributed by atoms with E-state index in [9.17, 15) is 4.79 Å². The van der Waals surface area contributed by atoms with Crippen LogP contribution in [-0.4, -0.2) is 28.8 Å². The first kappa shape index (κ1) is 16.3. The maximum atomic E-state index is 13.4. The molecule has 2 aromatic carbocycles. The molecule has 2 N–H and O–H groups in total. The van der Waals surface area contributed by atoms with Gasteiger partial charge >= 0.3 is 0 Å². The Kier molecular flexibility index (Phi) is 4.09. The molecule has 0 radical (unpaired) electrons. The van der Waals surface area contributed by atoms with Crippen LogP contribution in [0.25, 0.3) is 10.9 Å². The number of nitrogens with two attached hydrogens (primary N) is 1. The lowest BCUT2D eigenvalue weighted by Gasteiger charge is -2.18. The minimum atomic E-state index is -0.0145. The van der Waals surface area contributed by atoms with Crippen LogP contribution in [0.15, 0.2) is 46.9 Å². The van der Waals surface area contributed by atoms with E-state index in [1.165, 1.54) is 5.56 Å². The number of hydrogen-bond donors (Lipinski definition) is 1. The summed E-state index contributed by atoms with van der Waals surface area (Å²) in [6.45, 7) is 1.28. The number of amides is 1. The molecule has 2 heterocycles. The van der Waals surface area contributed by atoms with E-state index >= 15 is 0 Å². The smallest absolute Gasteiger partial charge is 0.277 e. The number of carbonyl (C=O) groups is 1. The number of benzene rings is 2. The molecule has 0 fully saturated rings. The van der Waals surface area contributed by atoms with Crippen LogP contribution >= 0.6 is 15.9 Å². The standard InChI is InChI=1S/C19H19BrN4O/c1-23-18(15-7-6-13(20)10-16(15)22-23)19(25)24-11-12(8-9-21)14-4-2-3-5-17(14)24/h2-7,10,12H,8-9,11,21H2,1H3. The molecule has 0 spiro atoms. The molecule has 0 aliphatic carbocycles. The van der Waals surface area contributed by atoms with Crippen molar-refractivity contribution in [3.05, 3.63) is 58.2 Å². The third-order valence-electron chi connectivity index (χ3n) is 4.83. The summed E-state index contributed by atoms with van der Waals surface area (Å²) < 4.78 is 2.63. The van der Waals surface area contributed by atoms with Crippen LogP contribution in [0.1, 0.15) is 28.4 Å². The Labute approximate surface area is 154 Å². The van der Waals surface area contributed by atoms with Crippen molar-refractivity contribution in [1.29, 1.82) is 0 Å². The molecule has 0 saturated heterocycles. The predicted molar refractivity (Wildman–Crippen MR) is 103 cm³/mol. The van der Waals surface area contributed by atoms with Gasteiger partial charge in [0.1, 0.15) is 5.69 Å². The van der Waals surface area contributed by atoms with Crippen molar-refractivity contribution in [2.24, 2.45) is 12.8 Å². The van der Waals surface area contributed by atoms with Crippen molar-refractivity contribution >= 4 is 38.4 Å². The lowest BCUT2D eigenvalue weighted by Crippen LogP contribution is -2.31. The zero-order valence-electron chi connectivity index (χ0n) is 13.9. The van der Waals surface area contributed by atoms with E-state index < -0.39 is 0 Å². The maximum Gasteiger partial charge on any atom is 0.277 e. The quantitative estimate of drug-likeness (QED) is 0.734. The first-order valence-corrected chi connectivity index (χ1v) is 9.12.